The van der Waals surface area contributed by atoms with Crippen LogP contribution in [0, 0.1) is 11.3 Å². The largest absolute Gasteiger partial charge is 0.490 e. The molecular formula is C17H17N3O. The molecule has 0 bridgehead atoms. The first-order valence-corrected chi connectivity index (χ1v) is 7.21. The van der Waals surface area contributed by atoms with E-state index in [1.807, 2.05) is 36.4 Å². The summed E-state index contributed by atoms with van der Waals surface area (Å²) in [4.78, 5) is 4.21. The molecule has 1 heterocycles. The van der Waals surface area contributed by atoms with Gasteiger partial charge in [0.05, 0.1) is 6.10 Å². The average Bonchev–Trinajstić information content (AvgIpc) is 2.50. The first kappa shape index (κ1) is 13.4. The Balaban J connectivity index is 1.68. The van der Waals surface area contributed by atoms with Crippen LogP contribution in [0.15, 0.2) is 42.5 Å². The number of anilines is 1. The van der Waals surface area contributed by atoms with Crippen molar-refractivity contribution < 1.29 is 4.74 Å². The maximum absolute atomic E-state index is 8.86. The van der Waals surface area contributed by atoms with Crippen LogP contribution in [0.5, 0.6) is 5.75 Å². The number of ether oxygens (including phenoxy) is 1. The second-order valence-electron chi connectivity index (χ2n) is 5.15. The Bertz CT molecular complexity index is 659. The number of nitriles is 1. The number of nitrogens with zero attached hydrogens (tertiary/aromatic N) is 2. The number of hydrogen-bond donors (Lipinski definition) is 1. The van der Waals surface area contributed by atoms with E-state index in [1.165, 1.54) is 6.42 Å². The van der Waals surface area contributed by atoms with Crippen LogP contribution >= 0.6 is 0 Å². The molecule has 1 N–H and O–H groups in total. The molecule has 4 heteroatoms. The minimum atomic E-state index is 0.367. The standard InChI is InChI=1S/C17H17N3O/c18-11-14-6-3-10-17(20-14)19-12-13-5-1-2-9-16(13)21-15-7-4-8-15/h1-3,5-6,9-10,15H,4,7-8,12H2,(H,19,20). The molecule has 0 unspecified atom stereocenters. The molecule has 0 atom stereocenters. The molecule has 0 spiro atoms. The zero-order valence-electron chi connectivity index (χ0n) is 11.7. The SMILES string of the molecule is N#Cc1cccc(NCc2ccccc2OC2CCC2)n1. The lowest BCUT2D eigenvalue weighted by atomic mass is 9.96. The van der Waals surface area contributed by atoms with E-state index < -0.39 is 0 Å². The molecule has 1 aromatic carbocycles. The molecular weight excluding hydrogens is 262 g/mol. The van der Waals surface area contributed by atoms with Crippen LogP contribution < -0.4 is 10.1 Å². The summed E-state index contributed by atoms with van der Waals surface area (Å²) >= 11 is 0. The molecule has 1 aromatic heterocycles. The van der Waals surface area contributed by atoms with Crippen molar-refractivity contribution in [2.24, 2.45) is 0 Å². The van der Waals surface area contributed by atoms with Crippen molar-refractivity contribution in [1.29, 1.82) is 5.26 Å². The molecule has 1 fully saturated rings. The summed E-state index contributed by atoms with van der Waals surface area (Å²) in [7, 11) is 0. The van der Waals surface area contributed by atoms with Gasteiger partial charge in [-0.05, 0) is 37.5 Å². The Hall–Kier alpha value is -2.54. The number of aromatic nitrogens is 1. The molecule has 0 amide bonds. The van der Waals surface area contributed by atoms with E-state index in [0.717, 1.165) is 24.2 Å². The first-order valence-electron chi connectivity index (χ1n) is 7.21. The van der Waals surface area contributed by atoms with Crippen LogP contribution in [0.3, 0.4) is 0 Å². The third-order valence-corrected chi connectivity index (χ3v) is 3.64. The summed E-state index contributed by atoms with van der Waals surface area (Å²) in [5, 5.41) is 12.1. The Kier molecular flexibility index (Phi) is 4.02. The Morgan fingerprint density at radius 2 is 2.05 bits per heavy atom. The Morgan fingerprint density at radius 3 is 2.81 bits per heavy atom. The quantitative estimate of drug-likeness (QED) is 0.910. The highest BCUT2D eigenvalue weighted by atomic mass is 16.5. The summed E-state index contributed by atoms with van der Waals surface area (Å²) in [5.74, 6) is 1.64. The second-order valence-corrected chi connectivity index (χ2v) is 5.15. The van der Waals surface area contributed by atoms with E-state index in [9.17, 15) is 0 Å². The zero-order valence-corrected chi connectivity index (χ0v) is 11.7. The maximum Gasteiger partial charge on any atom is 0.142 e. The smallest absolute Gasteiger partial charge is 0.142 e. The fraction of sp³-hybridized carbons (Fsp3) is 0.294. The molecule has 0 aliphatic heterocycles. The monoisotopic (exact) mass is 279 g/mol. The lowest BCUT2D eigenvalue weighted by Crippen LogP contribution is -2.25. The Morgan fingerprint density at radius 1 is 1.19 bits per heavy atom. The Labute approximate surface area is 124 Å². The van der Waals surface area contributed by atoms with Gasteiger partial charge in [-0.3, -0.25) is 0 Å². The topological polar surface area (TPSA) is 57.9 Å². The highest BCUT2D eigenvalue weighted by Gasteiger charge is 2.20. The van der Waals surface area contributed by atoms with E-state index in [-0.39, 0.29) is 0 Å². The molecule has 2 aromatic rings. The van der Waals surface area contributed by atoms with E-state index in [2.05, 4.69) is 16.4 Å². The number of nitrogens with one attached hydrogen (secondary N) is 1. The van der Waals surface area contributed by atoms with Crippen LogP contribution in [0.1, 0.15) is 30.5 Å². The van der Waals surface area contributed by atoms with E-state index in [0.29, 0.717) is 24.2 Å². The van der Waals surface area contributed by atoms with Crippen molar-refractivity contribution in [2.75, 3.05) is 5.32 Å². The number of rotatable bonds is 5. The number of para-hydroxylation sites is 1. The summed E-state index contributed by atoms with van der Waals surface area (Å²) in [6.45, 7) is 0.630. The summed E-state index contributed by atoms with van der Waals surface area (Å²) in [6, 6.07) is 15.5. The number of benzene rings is 1. The van der Waals surface area contributed by atoms with Gasteiger partial charge in [0.25, 0.3) is 0 Å². The van der Waals surface area contributed by atoms with Gasteiger partial charge < -0.3 is 10.1 Å². The third-order valence-electron chi connectivity index (χ3n) is 3.64. The van der Waals surface area contributed by atoms with Gasteiger partial charge in [-0.25, -0.2) is 4.98 Å². The first-order chi connectivity index (χ1) is 10.3. The molecule has 106 valence electrons. The molecule has 0 saturated heterocycles. The number of pyridine rings is 1. The highest BCUT2D eigenvalue weighted by Crippen LogP contribution is 2.27. The molecule has 21 heavy (non-hydrogen) atoms. The number of hydrogen-bond acceptors (Lipinski definition) is 4. The highest BCUT2D eigenvalue weighted by molar-refractivity contribution is 5.42. The van der Waals surface area contributed by atoms with Gasteiger partial charge in [0.1, 0.15) is 23.3 Å². The molecule has 0 radical (unpaired) electrons. The maximum atomic E-state index is 8.86. The fourth-order valence-corrected chi connectivity index (χ4v) is 2.21. The van der Waals surface area contributed by atoms with Crippen molar-refractivity contribution in [2.45, 2.75) is 31.9 Å². The zero-order chi connectivity index (χ0) is 14.5. The molecule has 1 saturated carbocycles. The van der Waals surface area contributed by atoms with Crippen LogP contribution in [-0.2, 0) is 6.54 Å². The van der Waals surface area contributed by atoms with Crippen LogP contribution in [0.25, 0.3) is 0 Å². The van der Waals surface area contributed by atoms with Gasteiger partial charge in [-0.1, -0.05) is 24.3 Å². The van der Waals surface area contributed by atoms with Crippen LogP contribution in [-0.4, -0.2) is 11.1 Å². The fourth-order valence-electron chi connectivity index (χ4n) is 2.21. The predicted molar refractivity (Wildman–Crippen MR) is 81.0 cm³/mol. The van der Waals surface area contributed by atoms with E-state index >= 15 is 0 Å². The van der Waals surface area contributed by atoms with Crippen LogP contribution in [0.2, 0.25) is 0 Å². The predicted octanol–water partition coefficient (Wildman–Crippen LogP) is 3.50. The van der Waals surface area contributed by atoms with Crippen molar-refractivity contribution >= 4 is 5.82 Å². The lowest BCUT2D eigenvalue weighted by molar-refractivity contribution is 0.119. The molecule has 1 aliphatic rings. The molecule has 3 rings (SSSR count). The minimum absolute atomic E-state index is 0.367. The van der Waals surface area contributed by atoms with Crippen molar-refractivity contribution in [3.05, 3.63) is 53.7 Å². The third kappa shape index (κ3) is 3.32. The average molecular weight is 279 g/mol. The minimum Gasteiger partial charge on any atom is -0.490 e. The van der Waals surface area contributed by atoms with Gasteiger partial charge in [-0.15, -0.1) is 0 Å². The summed E-state index contributed by atoms with van der Waals surface area (Å²) in [5.41, 5.74) is 1.52. The summed E-state index contributed by atoms with van der Waals surface area (Å²) in [6.07, 6.45) is 3.92. The van der Waals surface area contributed by atoms with Crippen molar-refractivity contribution in [1.82, 2.24) is 4.98 Å². The second kappa shape index (κ2) is 6.27. The van der Waals surface area contributed by atoms with Gasteiger partial charge in [0.2, 0.25) is 0 Å². The van der Waals surface area contributed by atoms with Crippen molar-refractivity contribution in [3.8, 4) is 11.8 Å². The van der Waals surface area contributed by atoms with Gasteiger partial charge in [-0.2, -0.15) is 5.26 Å². The lowest BCUT2D eigenvalue weighted by Gasteiger charge is -2.27. The molecule has 1 aliphatic carbocycles. The van der Waals surface area contributed by atoms with Crippen molar-refractivity contribution in [3.63, 3.8) is 0 Å². The normalized spacial score (nSPS) is 14.0. The summed E-state index contributed by atoms with van der Waals surface area (Å²) < 4.78 is 6.00. The van der Waals surface area contributed by atoms with Crippen LogP contribution in [0.4, 0.5) is 5.82 Å². The van der Waals surface area contributed by atoms with Gasteiger partial charge in [0.15, 0.2) is 0 Å². The van der Waals surface area contributed by atoms with Gasteiger partial charge >= 0.3 is 0 Å². The van der Waals surface area contributed by atoms with E-state index in [1.54, 1.807) is 6.07 Å². The van der Waals surface area contributed by atoms with Gasteiger partial charge in [0, 0.05) is 12.1 Å². The van der Waals surface area contributed by atoms with E-state index in [4.69, 9.17) is 10.00 Å². The molecule has 4 nitrogen and oxygen atoms in total.